The zero-order chi connectivity index (χ0) is 18.8. The number of anilines is 1. The SMILES string of the molecule is N#Cc1cccc(NC(=O)C2(S(=O)(=O)c3ccc(Cl)cc3)CCCC2)c1. The molecule has 1 fully saturated rings. The lowest BCUT2D eigenvalue weighted by molar-refractivity contribution is -0.118. The molecule has 26 heavy (non-hydrogen) atoms. The van der Waals surface area contributed by atoms with Crippen molar-refractivity contribution in [2.45, 2.75) is 35.3 Å². The molecule has 0 radical (unpaired) electrons. The Bertz CT molecular complexity index is 973. The van der Waals surface area contributed by atoms with Gasteiger partial charge >= 0.3 is 0 Å². The number of hydrogen-bond donors (Lipinski definition) is 1. The van der Waals surface area contributed by atoms with Gasteiger partial charge in [0.25, 0.3) is 0 Å². The second kappa shape index (κ2) is 7.10. The molecule has 0 aliphatic heterocycles. The van der Waals surface area contributed by atoms with Crippen LogP contribution >= 0.6 is 11.6 Å². The number of carbonyl (C=O) groups is 1. The summed E-state index contributed by atoms with van der Waals surface area (Å²) < 4.78 is 25.0. The van der Waals surface area contributed by atoms with E-state index in [1.165, 1.54) is 30.3 Å². The molecule has 2 aromatic rings. The van der Waals surface area contributed by atoms with E-state index in [0.29, 0.717) is 29.1 Å². The number of amides is 1. The molecule has 0 aromatic heterocycles. The van der Waals surface area contributed by atoms with Gasteiger partial charge in [0.1, 0.15) is 0 Å². The van der Waals surface area contributed by atoms with E-state index >= 15 is 0 Å². The average Bonchev–Trinajstić information content (AvgIpc) is 3.14. The monoisotopic (exact) mass is 388 g/mol. The molecule has 1 saturated carbocycles. The Morgan fingerprint density at radius 2 is 1.77 bits per heavy atom. The Labute approximate surface area is 157 Å². The minimum atomic E-state index is -3.89. The van der Waals surface area contributed by atoms with Gasteiger partial charge in [-0.15, -0.1) is 0 Å². The Balaban J connectivity index is 1.98. The Kier molecular flexibility index (Phi) is 5.03. The summed E-state index contributed by atoms with van der Waals surface area (Å²) in [5, 5.41) is 12.1. The first-order chi connectivity index (χ1) is 12.4. The van der Waals surface area contributed by atoms with Crippen molar-refractivity contribution < 1.29 is 13.2 Å². The summed E-state index contributed by atoms with van der Waals surface area (Å²) in [5.74, 6) is -0.556. The first kappa shape index (κ1) is 18.4. The van der Waals surface area contributed by atoms with Crippen LogP contribution in [-0.4, -0.2) is 19.1 Å². The van der Waals surface area contributed by atoms with Crippen molar-refractivity contribution in [3.63, 3.8) is 0 Å². The van der Waals surface area contributed by atoms with Crippen LogP contribution in [0.2, 0.25) is 5.02 Å². The molecule has 1 amide bonds. The summed E-state index contributed by atoms with van der Waals surface area (Å²) in [6, 6.07) is 14.3. The van der Waals surface area contributed by atoms with Crippen LogP contribution in [0.15, 0.2) is 53.4 Å². The van der Waals surface area contributed by atoms with Gasteiger partial charge in [0.15, 0.2) is 14.6 Å². The van der Waals surface area contributed by atoms with Crippen LogP contribution < -0.4 is 5.32 Å². The van der Waals surface area contributed by atoms with Gasteiger partial charge in [-0.2, -0.15) is 5.26 Å². The third-order valence-corrected chi connectivity index (χ3v) is 7.48. The number of hydrogen-bond acceptors (Lipinski definition) is 4. The summed E-state index contributed by atoms with van der Waals surface area (Å²) in [7, 11) is -3.89. The smallest absolute Gasteiger partial charge is 0.246 e. The Morgan fingerprint density at radius 3 is 2.38 bits per heavy atom. The molecule has 0 heterocycles. The molecule has 0 spiro atoms. The van der Waals surface area contributed by atoms with E-state index in [1.807, 2.05) is 6.07 Å². The minimum absolute atomic E-state index is 0.0877. The van der Waals surface area contributed by atoms with Gasteiger partial charge in [-0.05, 0) is 55.3 Å². The van der Waals surface area contributed by atoms with E-state index < -0.39 is 20.5 Å². The quantitative estimate of drug-likeness (QED) is 0.859. The lowest BCUT2D eigenvalue weighted by Gasteiger charge is -2.27. The van der Waals surface area contributed by atoms with E-state index in [0.717, 1.165) is 0 Å². The number of nitrogens with one attached hydrogen (secondary N) is 1. The van der Waals surface area contributed by atoms with Crippen molar-refractivity contribution in [1.82, 2.24) is 0 Å². The van der Waals surface area contributed by atoms with E-state index in [2.05, 4.69) is 5.32 Å². The summed E-state index contributed by atoms with van der Waals surface area (Å²) >= 11 is 5.85. The number of nitriles is 1. The molecule has 0 bridgehead atoms. The fourth-order valence-electron chi connectivity index (χ4n) is 3.31. The highest BCUT2D eigenvalue weighted by atomic mass is 35.5. The number of benzene rings is 2. The Hall–Kier alpha value is -2.36. The third kappa shape index (κ3) is 3.20. The van der Waals surface area contributed by atoms with Crippen molar-refractivity contribution in [3.8, 4) is 6.07 Å². The van der Waals surface area contributed by atoms with Crippen LogP contribution in [0.4, 0.5) is 5.69 Å². The lowest BCUT2D eigenvalue weighted by atomic mass is 10.1. The molecule has 5 nitrogen and oxygen atoms in total. The Morgan fingerprint density at radius 1 is 1.12 bits per heavy atom. The fraction of sp³-hybridized carbons (Fsp3) is 0.263. The highest BCUT2D eigenvalue weighted by Crippen LogP contribution is 2.41. The van der Waals surface area contributed by atoms with E-state index in [4.69, 9.17) is 16.9 Å². The van der Waals surface area contributed by atoms with Crippen LogP contribution in [0.5, 0.6) is 0 Å². The van der Waals surface area contributed by atoms with Crippen LogP contribution in [0.3, 0.4) is 0 Å². The zero-order valence-electron chi connectivity index (χ0n) is 13.9. The molecular formula is C19H17ClN2O3S. The summed E-state index contributed by atoms with van der Waals surface area (Å²) in [5.41, 5.74) is 0.801. The minimum Gasteiger partial charge on any atom is -0.325 e. The number of sulfone groups is 1. The second-order valence-corrected chi connectivity index (χ2v) is 9.00. The van der Waals surface area contributed by atoms with E-state index in [-0.39, 0.29) is 17.7 Å². The zero-order valence-corrected chi connectivity index (χ0v) is 15.5. The summed E-state index contributed by atoms with van der Waals surface area (Å²) in [4.78, 5) is 13.1. The maximum absolute atomic E-state index is 13.3. The standard InChI is InChI=1S/C19H17ClN2O3S/c20-15-6-8-17(9-7-15)26(24,25)19(10-1-2-11-19)18(23)22-16-5-3-4-14(12-16)13-21/h3-9,12H,1-2,10-11H2,(H,22,23). The maximum atomic E-state index is 13.3. The molecule has 7 heteroatoms. The van der Waals surface area contributed by atoms with Gasteiger partial charge in [-0.25, -0.2) is 8.42 Å². The van der Waals surface area contributed by atoms with Crippen molar-refractivity contribution in [1.29, 1.82) is 5.26 Å². The van der Waals surface area contributed by atoms with Crippen LogP contribution in [0.1, 0.15) is 31.2 Å². The van der Waals surface area contributed by atoms with Crippen LogP contribution in [-0.2, 0) is 14.6 Å². The van der Waals surface area contributed by atoms with Crippen molar-refractivity contribution in [3.05, 3.63) is 59.1 Å². The van der Waals surface area contributed by atoms with Crippen molar-refractivity contribution >= 4 is 33.0 Å². The maximum Gasteiger partial charge on any atom is 0.246 e. The van der Waals surface area contributed by atoms with Crippen LogP contribution in [0.25, 0.3) is 0 Å². The molecule has 1 N–H and O–H groups in total. The number of halogens is 1. The summed E-state index contributed by atoms with van der Waals surface area (Å²) in [6.07, 6.45) is 1.86. The second-order valence-electron chi connectivity index (χ2n) is 6.31. The predicted molar refractivity (Wildman–Crippen MR) is 99.6 cm³/mol. The topological polar surface area (TPSA) is 87.0 Å². The first-order valence-electron chi connectivity index (χ1n) is 8.21. The molecule has 134 valence electrons. The van der Waals surface area contributed by atoms with E-state index in [1.54, 1.807) is 18.2 Å². The normalized spacial score (nSPS) is 16.0. The van der Waals surface area contributed by atoms with E-state index in [9.17, 15) is 13.2 Å². The molecule has 1 aliphatic rings. The van der Waals surface area contributed by atoms with Crippen molar-refractivity contribution in [2.75, 3.05) is 5.32 Å². The lowest BCUT2D eigenvalue weighted by Crippen LogP contribution is -2.47. The predicted octanol–water partition coefficient (Wildman–Crippen LogP) is 3.94. The molecule has 2 aromatic carbocycles. The van der Waals surface area contributed by atoms with Gasteiger partial charge in [0.2, 0.25) is 5.91 Å². The summed E-state index contributed by atoms with van der Waals surface area (Å²) in [6.45, 7) is 0. The van der Waals surface area contributed by atoms with Gasteiger partial charge in [0, 0.05) is 10.7 Å². The highest BCUT2D eigenvalue weighted by Gasteiger charge is 2.52. The number of carbonyl (C=O) groups excluding carboxylic acids is 1. The molecule has 0 unspecified atom stereocenters. The average molecular weight is 389 g/mol. The largest absolute Gasteiger partial charge is 0.325 e. The number of rotatable bonds is 4. The van der Waals surface area contributed by atoms with Crippen LogP contribution in [0, 0.1) is 11.3 Å². The third-order valence-electron chi connectivity index (χ3n) is 4.71. The molecular weight excluding hydrogens is 372 g/mol. The molecule has 0 saturated heterocycles. The number of nitrogens with zero attached hydrogens (tertiary/aromatic N) is 1. The fourth-order valence-corrected chi connectivity index (χ4v) is 5.51. The molecule has 3 rings (SSSR count). The van der Waals surface area contributed by atoms with Gasteiger partial charge in [-0.1, -0.05) is 30.5 Å². The molecule has 1 aliphatic carbocycles. The highest BCUT2D eigenvalue weighted by molar-refractivity contribution is 7.93. The van der Waals surface area contributed by atoms with Gasteiger partial charge in [-0.3, -0.25) is 4.79 Å². The first-order valence-corrected chi connectivity index (χ1v) is 10.1. The van der Waals surface area contributed by atoms with Crippen molar-refractivity contribution in [2.24, 2.45) is 0 Å². The van der Waals surface area contributed by atoms with Gasteiger partial charge < -0.3 is 5.32 Å². The van der Waals surface area contributed by atoms with Gasteiger partial charge in [0.05, 0.1) is 16.5 Å². The molecule has 0 atom stereocenters.